The van der Waals surface area contributed by atoms with Gasteiger partial charge in [-0.15, -0.1) is 0 Å². The maximum absolute atomic E-state index is 6.75. The first-order chi connectivity index (χ1) is 26.7. The zero-order valence-electron chi connectivity index (χ0n) is 33.7. The molecule has 3 aromatic heterocycles. The highest BCUT2D eigenvalue weighted by Crippen LogP contribution is 2.44. The standard InChI is InChI=1S/C52H53NO2/c1-9-29(5)33-15-19-49-43(21-33)45-27-37(31(7)11-3)25-39(51(45)54-49)35-13-17-47-41(23-35)42-24-36(14-18-48(42)53-47)40-26-38(32(8)12-4)28-46-44-22-34(30(6)10-2)16-20-50(44)55-52(40)46/h13-32,53H,9-12H2,1-8H3. The number of fused-ring (bicyclic) bond motifs is 9. The number of aromatic nitrogens is 1. The minimum absolute atomic E-state index is 0.438. The molecule has 9 rings (SSSR count). The van der Waals surface area contributed by atoms with Gasteiger partial charge in [0.1, 0.15) is 22.3 Å². The number of H-pyrrole nitrogens is 1. The van der Waals surface area contributed by atoms with Crippen molar-refractivity contribution >= 4 is 65.7 Å². The Hall–Kier alpha value is -5.28. The molecule has 1 N–H and O–H groups in total. The van der Waals surface area contributed by atoms with E-state index in [0.29, 0.717) is 23.7 Å². The summed E-state index contributed by atoms with van der Waals surface area (Å²) in [6.07, 6.45) is 4.39. The van der Waals surface area contributed by atoms with Crippen molar-refractivity contribution in [1.29, 1.82) is 0 Å². The van der Waals surface area contributed by atoms with Crippen molar-refractivity contribution in [3.63, 3.8) is 0 Å². The van der Waals surface area contributed by atoms with E-state index in [1.54, 1.807) is 0 Å². The summed E-state index contributed by atoms with van der Waals surface area (Å²) < 4.78 is 13.5. The maximum Gasteiger partial charge on any atom is 0.143 e. The third kappa shape index (κ3) is 5.86. The number of hydrogen-bond acceptors (Lipinski definition) is 2. The average molecular weight is 724 g/mol. The Morgan fingerprint density at radius 3 is 1.18 bits per heavy atom. The Bertz CT molecular complexity index is 2700. The van der Waals surface area contributed by atoms with Crippen LogP contribution in [0.5, 0.6) is 0 Å². The second-order valence-electron chi connectivity index (χ2n) is 16.5. The zero-order valence-corrected chi connectivity index (χ0v) is 33.7. The van der Waals surface area contributed by atoms with Crippen molar-refractivity contribution in [3.05, 3.63) is 119 Å². The Balaban J connectivity index is 1.24. The molecule has 3 heteroatoms. The van der Waals surface area contributed by atoms with Crippen LogP contribution in [0.25, 0.3) is 87.9 Å². The molecular formula is C52H53NO2. The summed E-state index contributed by atoms with van der Waals surface area (Å²) >= 11 is 0. The molecule has 6 aromatic carbocycles. The van der Waals surface area contributed by atoms with Gasteiger partial charge in [0.2, 0.25) is 0 Å². The van der Waals surface area contributed by atoms with Crippen LogP contribution in [-0.4, -0.2) is 4.98 Å². The lowest BCUT2D eigenvalue weighted by Gasteiger charge is -2.13. The minimum atomic E-state index is 0.438. The van der Waals surface area contributed by atoms with E-state index in [1.807, 2.05) is 0 Å². The van der Waals surface area contributed by atoms with Gasteiger partial charge in [-0.3, -0.25) is 0 Å². The SMILES string of the molecule is CCC(C)c1ccc2oc3c(-c4ccc5[nH]c6ccc(-c7cc(C(C)CC)cc8c7oc7ccc(C(C)CC)cc78)cc6c5c4)cc(C(C)CC)cc3c2c1. The van der Waals surface area contributed by atoms with E-state index >= 15 is 0 Å². The van der Waals surface area contributed by atoms with Crippen LogP contribution in [-0.2, 0) is 0 Å². The fraction of sp³-hybridized carbons (Fsp3) is 0.308. The number of benzene rings is 6. The molecule has 0 aliphatic heterocycles. The molecule has 278 valence electrons. The molecule has 0 saturated carbocycles. The minimum Gasteiger partial charge on any atom is -0.455 e. The van der Waals surface area contributed by atoms with Crippen LogP contribution in [0.1, 0.15) is 127 Å². The molecule has 9 aromatic rings. The lowest BCUT2D eigenvalue weighted by molar-refractivity contribution is 0.667. The van der Waals surface area contributed by atoms with Gasteiger partial charge in [-0.1, -0.05) is 79.7 Å². The Morgan fingerprint density at radius 2 is 0.782 bits per heavy atom. The fourth-order valence-electron chi connectivity index (χ4n) is 8.62. The molecule has 0 saturated heterocycles. The smallest absolute Gasteiger partial charge is 0.143 e. The molecule has 4 atom stereocenters. The topological polar surface area (TPSA) is 42.1 Å². The van der Waals surface area contributed by atoms with Crippen LogP contribution in [0.15, 0.2) is 106 Å². The van der Waals surface area contributed by atoms with Crippen LogP contribution in [0.3, 0.4) is 0 Å². The number of hydrogen-bond donors (Lipinski definition) is 1. The van der Waals surface area contributed by atoms with Crippen molar-refractivity contribution in [2.24, 2.45) is 0 Å². The van der Waals surface area contributed by atoms with E-state index < -0.39 is 0 Å². The number of aromatic amines is 1. The van der Waals surface area contributed by atoms with Crippen LogP contribution >= 0.6 is 0 Å². The monoisotopic (exact) mass is 723 g/mol. The van der Waals surface area contributed by atoms with Crippen molar-refractivity contribution in [1.82, 2.24) is 4.98 Å². The lowest BCUT2D eigenvalue weighted by atomic mass is 9.90. The zero-order chi connectivity index (χ0) is 38.1. The van der Waals surface area contributed by atoms with Gasteiger partial charge in [-0.05, 0) is 156 Å². The lowest BCUT2D eigenvalue weighted by Crippen LogP contribution is -1.93. The van der Waals surface area contributed by atoms with Gasteiger partial charge < -0.3 is 13.8 Å². The van der Waals surface area contributed by atoms with Gasteiger partial charge >= 0.3 is 0 Å². The molecule has 0 spiro atoms. The normalized spacial score (nSPS) is 14.5. The molecule has 0 radical (unpaired) electrons. The quantitative estimate of drug-likeness (QED) is 0.153. The highest BCUT2D eigenvalue weighted by atomic mass is 16.3. The molecule has 0 fully saturated rings. The van der Waals surface area contributed by atoms with E-state index in [4.69, 9.17) is 8.83 Å². The second kappa shape index (κ2) is 13.8. The van der Waals surface area contributed by atoms with Gasteiger partial charge in [0.15, 0.2) is 0 Å². The molecule has 3 heterocycles. The Labute approximate surface area is 324 Å². The second-order valence-corrected chi connectivity index (χ2v) is 16.5. The summed E-state index contributed by atoms with van der Waals surface area (Å²) in [5.41, 5.74) is 16.2. The summed E-state index contributed by atoms with van der Waals surface area (Å²) in [7, 11) is 0. The molecule has 3 nitrogen and oxygen atoms in total. The summed E-state index contributed by atoms with van der Waals surface area (Å²) in [5.74, 6) is 1.88. The first-order valence-electron chi connectivity index (χ1n) is 20.8. The Kier molecular flexibility index (Phi) is 8.88. The van der Waals surface area contributed by atoms with Crippen molar-refractivity contribution in [2.45, 2.75) is 105 Å². The molecule has 4 unspecified atom stereocenters. The summed E-state index contributed by atoms with van der Waals surface area (Å²) in [6.45, 7) is 18.4. The third-order valence-corrected chi connectivity index (χ3v) is 13.2. The average Bonchev–Trinajstić information content (AvgIpc) is 3.91. The largest absolute Gasteiger partial charge is 0.455 e. The van der Waals surface area contributed by atoms with E-state index in [1.165, 1.54) is 65.7 Å². The molecule has 0 aliphatic rings. The first kappa shape index (κ1) is 35.4. The van der Waals surface area contributed by atoms with Crippen LogP contribution < -0.4 is 0 Å². The number of rotatable bonds is 10. The van der Waals surface area contributed by atoms with Gasteiger partial charge in [-0.25, -0.2) is 0 Å². The summed E-state index contributed by atoms with van der Waals surface area (Å²) in [4.78, 5) is 3.73. The highest BCUT2D eigenvalue weighted by molar-refractivity contribution is 6.15. The predicted octanol–water partition coefficient (Wildman–Crippen LogP) is 16.5. The van der Waals surface area contributed by atoms with E-state index in [-0.39, 0.29) is 0 Å². The van der Waals surface area contributed by atoms with Crippen molar-refractivity contribution in [2.75, 3.05) is 0 Å². The molecular weight excluding hydrogens is 671 g/mol. The van der Waals surface area contributed by atoms with Crippen molar-refractivity contribution < 1.29 is 8.83 Å². The molecule has 0 aliphatic carbocycles. The Morgan fingerprint density at radius 1 is 0.400 bits per heavy atom. The number of nitrogens with one attached hydrogen (secondary N) is 1. The summed E-state index contributed by atoms with van der Waals surface area (Å²) in [5, 5.41) is 7.27. The van der Waals surface area contributed by atoms with E-state index in [2.05, 4.69) is 157 Å². The third-order valence-electron chi connectivity index (χ3n) is 13.2. The van der Waals surface area contributed by atoms with Gasteiger partial charge in [0.05, 0.1) is 0 Å². The highest BCUT2D eigenvalue weighted by Gasteiger charge is 2.21. The van der Waals surface area contributed by atoms with Gasteiger partial charge in [-0.2, -0.15) is 0 Å². The maximum atomic E-state index is 6.75. The first-order valence-corrected chi connectivity index (χ1v) is 20.8. The van der Waals surface area contributed by atoms with Crippen LogP contribution in [0.4, 0.5) is 0 Å². The number of furan rings is 2. The van der Waals surface area contributed by atoms with Crippen LogP contribution in [0, 0.1) is 0 Å². The van der Waals surface area contributed by atoms with Crippen molar-refractivity contribution in [3.8, 4) is 22.3 Å². The summed E-state index contributed by atoms with van der Waals surface area (Å²) in [6, 6.07) is 36.8. The van der Waals surface area contributed by atoms with E-state index in [9.17, 15) is 0 Å². The van der Waals surface area contributed by atoms with Gasteiger partial charge in [0.25, 0.3) is 0 Å². The molecule has 55 heavy (non-hydrogen) atoms. The fourth-order valence-corrected chi connectivity index (χ4v) is 8.62. The van der Waals surface area contributed by atoms with E-state index in [0.717, 1.165) is 70.2 Å². The van der Waals surface area contributed by atoms with Crippen LogP contribution in [0.2, 0.25) is 0 Å². The molecule has 0 amide bonds. The predicted molar refractivity (Wildman–Crippen MR) is 236 cm³/mol. The molecule has 0 bridgehead atoms. The van der Waals surface area contributed by atoms with Gasteiger partial charge in [0, 0.05) is 54.5 Å².